The summed E-state index contributed by atoms with van der Waals surface area (Å²) >= 11 is 0. The topological polar surface area (TPSA) is 31.0 Å². The maximum atomic E-state index is 4.95. The van der Waals surface area contributed by atoms with Crippen molar-refractivity contribution in [2.24, 2.45) is 0 Å². The van der Waals surface area contributed by atoms with E-state index in [-0.39, 0.29) is 0 Å². The van der Waals surface area contributed by atoms with Crippen molar-refractivity contribution in [2.75, 3.05) is 20.8 Å². The molecule has 3 heteroatoms. The highest BCUT2D eigenvalue weighted by Crippen LogP contribution is 2.34. The maximum Gasteiger partial charge on any atom is 0.251 e. The Morgan fingerprint density at radius 3 is 2.33 bits per heavy atom. The fourth-order valence-electron chi connectivity index (χ4n) is 0.614. The predicted octanol–water partition coefficient (Wildman–Crippen LogP) is 0.519. The molecule has 0 aliphatic carbocycles. The Kier molecular flexibility index (Phi) is 1.47. The lowest BCUT2D eigenvalue weighted by atomic mass is 10.3. The molecule has 1 atom stereocenters. The molecule has 9 heavy (non-hydrogen) atoms. The molecule has 0 N–H and O–H groups in total. The lowest BCUT2D eigenvalue weighted by Crippen LogP contribution is -2.17. The quantitative estimate of drug-likeness (QED) is 0.412. The van der Waals surface area contributed by atoms with Gasteiger partial charge in [0.05, 0.1) is 7.11 Å². The Balaban J connectivity index is 2.49. The lowest BCUT2D eigenvalue weighted by molar-refractivity contribution is -0.0171. The van der Waals surface area contributed by atoms with E-state index in [0.29, 0.717) is 12.4 Å². The van der Waals surface area contributed by atoms with Crippen LogP contribution in [0.15, 0.2) is 12.3 Å². The van der Waals surface area contributed by atoms with Crippen molar-refractivity contribution in [3.63, 3.8) is 0 Å². The van der Waals surface area contributed by atoms with E-state index in [0.717, 1.165) is 0 Å². The van der Waals surface area contributed by atoms with Gasteiger partial charge in [-0.25, -0.2) is 0 Å². The van der Waals surface area contributed by atoms with Crippen LogP contribution in [0, 0.1) is 0 Å². The minimum absolute atomic E-state index is 0.532. The van der Waals surface area contributed by atoms with Crippen LogP contribution in [0.5, 0.6) is 0 Å². The monoisotopic (exact) mass is 130 g/mol. The van der Waals surface area contributed by atoms with E-state index in [1.54, 1.807) is 14.2 Å². The van der Waals surface area contributed by atoms with Crippen LogP contribution in [0.3, 0.4) is 0 Å². The first-order valence-corrected chi connectivity index (χ1v) is 2.67. The Labute approximate surface area is 54.2 Å². The number of hydrogen-bond donors (Lipinski definition) is 0. The van der Waals surface area contributed by atoms with Crippen LogP contribution in [0.25, 0.3) is 0 Å². The second-order valence-electron chi connectivity index (χ2n) is 1.87. The molecule has 1 fully saturated rings. The van der Waals surface area contributed by atoms with Crippen LogP contribution < -0.4 is 0 Å². The van der Waals surface area contributed by atoms with Crippen molar-refractivity contribution in [3.05, 3.63) is 12.3 Å². The van der Waals surface area contributed by atoms with E-state index in [1.165, 1.54) is 0 Å². The zero-order valence-corrected chi connectivity index (χ0v) is 5.64. The van der Waals surface area contributed by atoms with E-state index in [4.69, 9.17) is 14.2 Å². The molecule has 0 aromatic carbocycles. The summed E-state index contributed by atoms with van der Waals surface area (Å²) in [4.78, 5) is 0. The number of rotatable bonds is 3. The van der Waals surface area contributed by atoms with Crippen LogP contribution in [0.1, 0.15) is 0 Å². The maximum absolute atomic E-state index is 4.95. The van der Waals surface area contributed by atoms with Crippen molar-refractivity contribution < 1.29 is 14.2 Å². The second-order valence-corrected chi connectivity index (χ2v) is 1.87. The molecule has 0 bridgehead atoms. The standard InChI is InChI=1S/C6H10O3/c1-5(7-2)6(8-3)4-9-6/h1,4H2,2-3H3. The SMILES string of the molecule is C=C(OC)C1(OC)CO1. The fraction of sp³-hybridized carbons (Fsp3) is 0.667. The van der Waals surface area contributed by atoms with Crippen molar-refractivity contribution in [1.29, 1.82) is 0 Å². The van der Waals surface area contributed by atoms with Gasteiger partial charge in [-0.3, -0.25) is 0 Å². The highest BCUT2D eigenvalue weighted by Gasteiger charge is 2.49. The lowest BCUT2D eigenvalue weighted by Gasteiger charge is -2.10. The summed E-state index contributed by atoms with van der Waals surface area (Å²) in [5.41, 5.74) is 0. The molecule has 1 rings (SSSR count). The molecule has 0 saturated carbocycles. The average molecular weight is 130 g/mol. The first-order chi connectivity index (χ1) is 4.25. The van der Waals surface area contributed by atoms with Crippen molar-refractivity contribution in [3.8, 4) is 0 Å². The van der Waals surface area contributed by atoms with Gasteiger partial charge in [0.2, 0.25) is 0 Å². The van der Waals surface area contributed by atoms with Crippen molar-refractivity contribution in [2.45, 2.75) is 5.79 Å². The number of epoxide rings is 1. The minimum atomic E-state index is -0.616. The fourth-order valence-corrected chi connectivity index (χ4v) is 0.614. The third-order valence-electron chi connectivity index (χ3n) is 1.41. The van der Waals surface area contributed by atoms with E-state index in [1.807, 2.05) is 0 Å². The van der Waals surface area contributed by atoms with E-state index >= 15 is 0 Å². The van der Waals surface area contributed by atoms with Gasteiger partial charge >= 0.3 is 0 Å². The van der Waals surface area contributed by atoms with Gasteiger partial charge in [0, 0.05) is 7.11 Å². The molecule has 1 aliphatic rings. The van der Waals surface area contributed by atoms with Gasteiger partial charge in [0.15, 0.2) is 5.76 Å². The first kappa shape index (κ1) is 6.58. The van der Waals surface area contributed by atoms with E-state index < -0.39 is 5.79 Å². The number of hydrogen-bond acceptors (Lipinski definition) is 3. The predicted molar refractivity (Wildman–Crippen MR) is 31.8 cm³/mol. The zero-order chi connectivity index (χ0) is 6.91. The summed E-state index contributed by atoms with van der Waals surface area (Å²) in [6, 6.07) is 0. The van der Waals surface area contributed by atoms with E-state index in [9.17, 15) is 0 Å². The molecule has 0 amide bonds. The summed E-state index contributed by atoms with van der Waals surface area (Å²) in [6.45, 7) is 4.16. The van der Waals surface area contributed by atoms with Crippen molar-refractivity contribution in [1.82, 2.24) is 0 Å². The molecular formula is C6H10O3. The first-order valence-electron chi connectivity index (χ1n) is 2.67. The van der Waals surface area contributed by atoms with Gasteiger partial charge in [0.25, 0.3) is 5.79 Å². The third-order valence-corrected chi connectivity index (χ3v) is 1.41. The highest BCUT2D eigenvalue weighted by molar-refractivity contribution is 5.07. The molecule has 1 aliphatic heterocycles. The smallest absolute Gasteiger partial charge is 0.251 e. The van der Waals surface area contributed by atoms with Crippen LogP contribution in [0.2, 0.25) is 0 Å². The molecule has 0 radical (unpaired) electrons. The summed E-state index contributed by atoms with van der Waals surface area (Å²) in [5.74, 6) is -0.0839. The van der Waals surface area contributed by atoms with Crippen LogP contribution >= 0.6 is 0 Å². The minimum Gasteiger partial charge on any atom is -0.496 e. The average Bonchev–Trinajstić information content (AvgIpc) is 2.66. The Hall–Kier alpha value is -0.540. The van der Waals surface area contributed by atoms with Gasteiger partial charge in [0.1, 0.15) is 6.61 Å². The summed E-state index contributed by atoms with van der Waals surface area (Å²) < 4.78 is 14.7. The molecule has 0 aromatic heterocycles. The van der Waals surface area contributed by atoms with E-state index in [2.05, 4.69) is 6.58 Å². The van der Waals surface area contributed by atoms with Gasteiger partial charge in [-0.15, -0.1) is 0 Å². The molecule has 0 spiro atoms. The molecule has 3 nitrogen and oxygen atoms in total. The Bertz CT molecular complexity index is 126. The van der Waals surface area contributed by atoms with Crippen LogP contribution in [-0.4, -0.2) is 26.6 Å². The molecule has 1 heterocycles. The Morgan fingerprint density at radius 1 is 1.67 bits per heavy atom. The molecule has 1 saturated heterocycles. The van der Waals surface area contributed by atoms with Gasteiger partial charge in [-0.05, 0) is 0 Å². The van der Waals surface area contributed by atoms with Gasteiger partial charge in [-0.2, -0.15) is 0 Å². The van der Waals surface area contributed by atoms with Crippen LogP contribution in [0.4, 0.5) is 0 Å². The normalized spacial score (nSPS) is 31.8. The van der Waals surface area contributed by atoms with Gasteiger partial charge in [-0.1, -0.05) is 6.58 Å². The summed E-state index contributed by atoms with van der Waals surface area (Å²) in [5, 5.41) is 0. The molecular weight excluding hydrogens is 120 g/mol. The van der Waals surface area contributed by atoms with Crippen LogP contribution in [-0.2, 0) is 14.2 Å². The Morgan fingerprint density at radius 2 is 2.22 bits per heavy atom. The largest absolute Gasteiger partial charge is 0.496 e. The molecule has 0 aromatic rings. The second kappa shape index (κ2) is 2.01. The zero-order valence-electron chi connectivity index (χ0n) is 5.64. The molecule has 1 unspecified atom stereocenters. The van der Waals surface area contributed by atoms with Gasteiger partial charge < -0.3 is 14.2 Å². The third kappa shape index (κ3) is 0.930. The number of ether oxygens (including phenoxy) is 3. The molecule has 52 valence electrons. The summed E-state index contributed by atoms with van der Waals surface area (Å²) in [6.07, 6.45) is 0. The highest BCUT2D eigenvalue weighted by atomic mass is 16.8. The number of methoxy groups -OCH3 is 2. The summed E-state index contributed by atoms with van der Waals surface area (Å²) in [7, 11) is 3.11. The van der Waals surface area contributed by atoms with Crippen molar-refractivity contribution >= 4 is 0 Å².